The van der Waals surface area contributed by atoms with Gasteiger partial charge in [-0.15, -0.1) is 11.3 Å². The lowest BCUT2D eigenvalue weighted by Crippen LogP contribution is -2.48. The van der Waals surface area contributed by atoms with Gasteiger partial charge in [0.25, 0.3) is 5.91 Å². The van der Waals surface area contributed by atoms with Crippen LogP contribution in [0.5, 0.6) is 0 Å². The Hall–Kier alpha value is -0.870. The van der Waals surface area contributed by atoms with Gasteiger partial charge in [-0.1, -0.05) is 25.8 Å². The second-order valence-electron chi connectivity index (χ2n) is 7.32. The van der Waals surface area contributed by atoms with E-state index in [1.54, 1.807) is 11.3 Å². The van der Waals surface area contributed by atoms with Crippen molar-refractivity contribution in [2.24, 2.45) is 5.41 Å². The molecule has 0 bridgehead atoms. The van der Waals surface area contributed by atoms with Crippen LogP contribution in [0, 0.1) is 5.41 Å². The summed E-state index contributed by atoms with van der Waals surface area (Å²) >= 11 is 1.56. The zero-order chi connectivity index (χ0) is 16.1. The fourth-order valence-electron chi connectivity index (χ4n) is 4.08. The standard InChI is InChI=1S/C19H30N2OS/c1-2-3-4-11-20-12-7-19(8-13-20)9-14-21(15-10-19)18(22)17-6-5-16-23-17/h5-6,16H,2-4,7-15H2,1H3. The molecule has 3 heterocycles. The quantitative estimate of drug-likeness (QED) is 0.751. The Morgan fingerprint density at radius 1 is 1.13 bits per heavy atom. The van der Waals surface area contributed by atoms with Crippen LogP contribution in [0.1, 0.15) is 61.5 Å². The van der Waals surface area contributed by atoms with Crippen LogP contribution in [0.2, 0.25) is 0 Å². The first-order valence-electron chi connectivity index (χ1n) is 9.28. The number of carbonyl (C=O) groups is 1. The molecular formula is C19H30N2OS. The zero-order valence-corrected chi connectivity index (χ0v) is 15.2. The molecule has 0 saturated carbocycles. The van der Waals surface area contributed by atoms with Crippen molar-refractivity contribution >= 4 is 17.2 Å². The molecule has 2 aliphatic rings. The zero-order valence-electron chi connectivity index (χ0n) is 14.4. The Bertz CT molecular complexity index is 481. The average Bonchev–Trinajstić information content (AvgIpc) is 3.12. The summed E-state index contributed by atoms with van der Waals surface area (Å²) in [6.45, 7) is 7.99. The van der Waals surface area contributed by atoms with Crippen molar-refractivity contribution in [3.8, 4) is 0 Å². The minimum atomic E-state index is 0.242. The van der Waals surface area contributed by atoms with E-state index in [9.17, 15) is 4.79 Å². The maximum absolute atomic E-state index is 12.5. The molecule has 2 aliphatic heterocycles. The van der Waals surface area contributed by atoms with Crippen LogP contribution in [0.3, 0.4) is 0 Å². The van der Waals surface area contributed by atoms with Crippen molar-refractivity contribution in [1.82, 2.24) is 9.80 Å². The number of hydrogen-bond donors (Lipinski definition) is 0. The normalized spacial score (nSPS) is 21.7. The molecule has 128 valence electrons. The molecule has 1 amide bonds. The number of piperidine rings is 2. The Balaban J connectivity index is 1.45. The topological polar surface area (TPSA) is 23.6 Å². The minimum absolute atomic E-state index is 0.242. The van der Waals surface area contributed by atoms with Crippen LogP contribution in [0.4, 0.5) is 0 Å². The molecular weight excluding hydrogens is 304 g/mol. The van der Waals surface area contributed by atoms with E-state index in [-0.39, 0.29) is 5.91 Å². The molecule has 0 atom stereocenters. The van der Waals surface area contributed by atoms with Gasteiger partial charge in [-0.05, 0) is 68.6 Å². The van der Waals surface area contributed by atoms with Gasteiger partial charge < -0.3 is 9.80 Å². The van der Waals surface area contributed by atoms with Crippen LogP contribution in [0.25, 0.3) is 0 Å². The predicted octanol–water partition coefficient (Wildman–Crippen LogP) is 4.26. The van der Waals surface area contributed by atoms with E-state index in [0.29, 0.717) is 5.41 Å². The number of likely N-dealkylation sites (tertiary alicyclic amines) is 2. The maximum Gasteiger partial charge on any atom is 0.263 e. The lowest BCUT2D eigenvalue weighted by atomic mass is 9.71. The van der Waals surface area contributed by atoms with Crippen molar-refractivity contribution in [1.29, 1.82) is 0 Å². The third kappa shape index (κ3) is 4.16. The van der Waals surface area contributed by atoms with E-state index in [0.717, 1.165) is 18.0 Å². The van der Waals surface area contributed by atoms with E-state index in [2.05, 4.69) is 16.7 Å². The van der Waals surface area contributed by atoms with Crippen LogP contribution in [-0.4, -0.2) is 48.4 Å². The molecule has 2 saturated heterocycles. The fourth-order valence-corrected chi connectivity index (χ4v) is 4.77. The summed E-state index contributed by atoms with van der Waals surface area (Å²) in [5.74, 6) is 0.242. The molecule has 0 radical (unpaired) electrons. The van der Waals surface area contributed by atoms with E-state index in [1.165, 1.54) is 64.6 Å². The van der Waals surface area contributed by atoms with Gasteiger partial charge in [0.1, 0.15) is 0 Å². The van der Waals surface area contributed by atoms with Gasteiger partial charge in [0.15, 0.2) is 0 Å². The van der Waals surface area contributed by atoms with Gasteiger partial charge in [0.05, 0.1) is 4.88 Å². The molecule has 2 fully saturated rings. The van der Waals surface area contributed by atoms with E-state index < -0.39 is 0 Å². The Labute approximate surface area is 144 Å². The predicted molar refractivity (Wildman–Crippen MR) is 97.1 cm³/mol. The highest BCUT2D eigenvalue weighted by Crippen LogP contribution is 2.41. The van der Waals surface area contributed by atoms with Crippen LogP contribution < -0.4 is 0 Å². The first-order valence-corrected chi connectivity index (χ1v) is 10.2. The van der Waals surface area contributed by atoms with Gasteiger partial charge >= 0.3 is 0 Å². The van der Waals surface area contributed by atoms with Crippen LogP contribution in [0.15, 0.2) is 17.5 Å². The number of nitrogens with zero attached hydrogens (tertiary/aromatic N) is 2. The summed E-state index contributed by atoms with van der Waals surface area (Å²) in [6.07, 6.45) is 9.10. The number of thiophene rings is 1. The third-order valence-corrected chi connectivity index (χ3v) is 6.70. The van der Waals surface area contributed by atoms with Gasteiger partial charge in [-0.3, -0.25) is 4.79 Å². The first-order chi connectivity index (χ1) is 11.2. The molecule has 1 aromatic rings. The summed E-state index contributed by atoms with van der Waals surface area (Å²) in [5.41, 5.74) is 0.521. The SMILES string of the molecule is CCCCCN1CCC2(CC1)CCN(C(=O)c1cccs1)CC2. The Morgan fingerprint density at radius 2 is 1.83 bits per heavy atom. The molecule has 0 unspecified atom stereocenters. The summed E-state index contributed by atoms with van der Waals surface area (Å²) in [4.78, 5) is 18.1. The maximum atomic E-state index is 12.5. The highest BCUT2D eigenvalue weighted by molar-refractivity contribution is 7.12. The molecule has 0 N–H and O–H groups in total. The second-order valence-corrected chi connectivity index (χ2v) is 8.27. The summed E-state index contributed by atoms with van der Waals surface area (Å²) in [5, 5.41) is 1.99. The largest absolute Gasteiger partial charge is 0.338 e. The van der Waals surface area contributed by atoms with Crippen LogP contribution >= 0.6 is 11.3 Å². The number of carbonyl (C=O) groups excluding carboxylic acids is 1. The second kappa shape index (κ2) is 7.80. The van der Waals surface area contributed by atoms with E-state index >= 15 is 0 Å². The summed E-state index contributed by atoms with van der Waals surface area (Å²) < 4.78 is 0. The Morgan fingerprint density at radius 3 is 2.43 bits per heavy atom. The monoisotopic (exact) mass is 334 g/mol. The van der Waals surface area contributed by atoms with E-state index in [1.807, 2.05) is 17.5 Å². The van der Waals surface area contributed by atoms with Crippen molar-refractivity contribution in [2.75, 3.05) is 32.7 Å². The molecule has 0 aromatic carbocycles. The minimum Gasteiger partial charge on any atom is -0.338 e. The summed E-state index contributed by atoms with van der Waals surface area (Å²) in [7, 11) is 0. The molecule has 1 spiro atoms. The fraction of sp³-hybridized carbons (Fsp3) is 0.737. The van der Waals surface area contributed by atoms with Gasteiger partial charge in [0.2, 0.25) is 0 Å². The van der Waals surface area contributed by atoms with Crippen molar-refractivity contribution in [3.05, 3.63) is 22.4 Å². The molecule has 0 aliphatic carbocycles. The number of hydrogen-bond acceptors (Lipinski definition) is 3. The van der Waals surface area contributed by atoms with Crippen molar-refractivity contribution < 1.29 is 4.79 Å². The highest BCUT2D eigenvalue weighted by atomic mass is 32.1. The summed E-state index contributed by atoms with van der Waals surface area (Å²) in [6, 6.07) is 3.92. The highest BCUT2D eigenvalue weighted by Gasteiger charge is 2.38. The van der Waals surface area contributed by atoms with E-state index in [4.69, 9.17) is 0 Å². The molecule has 3 nitrogen and oxygen atoms in total. The van der Waals surface area contributed by atoms with Gasteiger partial charge in [-0.2, -0.15) is 0 Å². The molecule has 3 rings (SSSR count). The van der Waals surface area contributed by atoms with Crippen molar-refractivity contribution in [3.63, 3.8) is 0 Å². The molecule has 4 heteroatoms. The number of rotatable bonds is 5. The van der Waals surface area contributed by atoms with Gasteiger partial charge in [-0.25, -0.2) is 0 Å². The average molecular weight is 335 g/mol. The first kappa shape index (κ1) is 17.0. The van der Waals surface area contributed by atoms with Crippen molar-refractivity contribution in [2.45, 2.75) is 51.9 Å². The lowest BCUT2D eigenvalue weighted by Gasteiger charge is -2.47. The number of unbranched alkanes of at least 4 members (excludes halogenated alkanes) is 2. The lowest BCUT2D eigenvalue weighted by molar-refractivity contribution is 0.0302. The van der Waals surface area contributed by atoms with Crippen LogP contribution in [-0.2, 0) is 0 Å². The van der Waals surface area contributed by atoms with Gasteiger partial charge in [0, 0.05) is 13.1 Å². The number of amides is 1. The molecule has 23 heavy (non-hydrogen) atoms. The molecule has 1 aromatic heterocycles. The Kier molecular flexibility index (Phi) is 5.76. The smallest absolute Gasteiger partial charge is 0.263 e. The third-order valence-electron chi connectivity index (χ3n) is 5.84.